The third-order valence-electron chi connectivity index (χ3n) is 12.0. The normalized spacial score (nSPS) is 14.4. The van der Waals surface area contributed by atoms with Crippen LogP contribution in [0.4, 0.5) is 28.6 Å². The second-order valence-electron chi connectivity index (χ2n) is 19.1. The zero-order chi connectivity index (χ0) is 54.2. The molecular weight excluding hydrogens is 1070 g/mol. The number of carbonyl (C=O) groups is 1. The predicted molar refractivity (Wildman–Crippen MR) is 277 cm³/mol. The van der Waals surface area contributed by atoms with Crippen molar-refractivity contribution in [2.45, 2.75) is 70.9 Å². The van der Waals surface area contributed by atoms with Crippen LogP contribution in [0.25, 0.3) is 22.0 Å². The number of rotatable bonds is 15. The molecule has 1 aromatic heterocycles. The third-order valence-corrected chi connectivity index (χ3v) is 16.7. The number of hydrogen-bond donors (Lipinski definition) is 7. The minimum Gasteiger partial charge on any atom is -0.454 e. The van der Waals surface area contributed by atoms with Crippen molar-refractivity contribution >= 4 is 104 Å². The first-order valence-electron chi connectivity index (χ1n) is 22.1. The summed E-state index contributed by atoms with van der Waals surface area (Å²) in [5, 5.41) is 19.0. The topological polar surface area (TPSA) is 324 Å². The molecule has 0 atom stereocenters. The van der Waals surface area contributed by atoms with Crippen LogP contribution in [0, 0.1) is 5.41 Å². The summed E-state index contributed by atoms with van der Waals surface area (Å²) in [4.78, 5) is 22.9. The molecule has 7 aromatic rings. The number of para-hydroxylation sites is 1. The summed E-state index contributed by atoms with van der Waals surface area (Å²) in [5.41, 5.74) is -0.404. The summed E-state index contributed by atoms with van der Waals surface area (Å²) in [7, 11) is -19.0. The van der Waals surface area contributed by atoms with Crippen molar-refractivity contribution in [3.8, 4) is 22.6 Å². The van der Waals surface area contributed by atoms with E-state index in [1.165, 1.54) is 60.7 Å². The van der Waals surface area contributed by atoms with Crippen LogP contribution in [0.2, 0.25) is 0 Å². The number of carbonyl (C=O) groups excluding carboxylic acids is 1. The summed E-state index contributed by atoms with van der Waals surface area (Å²) in [6, 6.07) is 25.6. The number of pyridine rings is 1. The van der Waals surface area contributed by atoms with E-state index in [0.717, 1.165) is 24.3 Å². The highest BCUT2D eigenvalue weighted by Crippen LogP contribution is 2.51. The van der Waals surface area contributed by atoms with E-state index in [9.17, 15) is 47.3 Å². The fourth-order valence-corrected chi connectivity index (χ4v) is 12.6. The molecule has 9 rings (SSSR count). The highest BCUT2D eigenvalue weighted by molar-refractivity contribution is 7.94. The molecule has 6 aromatic carbocycles. The first kappa shape index (κ1) is 53.0. The van der Waals surface area contributed by atoms with Crippen molar-refractivity contribution < 1.29 is 71.5 Å². The minimum absolute atomic E-state index is 0.0150. The van der Waals surface area contributed by atoms with E-state index < -0.39 is 72.0 Å². The molecule has 21 nitrogen and oxygen atoms in total. The highest BCUT2D eigenvalue weighted by atomic mass is 32.2. The second-order valence-corrected chi connectivity index (χ2v) is 25.7. The van der Waals surface area contributed by atoms with Crippen molar-refractivity contribution in [2.75, 3.05) is 10.6 Å². The molecule has 2 heterocycles. The molecule has 0 spiro atoms. The Kier molecular flexibility index (Phi) is 13.5. The van der Waals surface area contributed by atoms with Crippen LogP contribution in [-0.4, -0.2) is 69.2 Å². The predicted octanol–water partition coefficient (Wildman–Crippen LogP) is 9.98. The number of fused-ring (bicyclic) bond motifs is 3. The Morgan fingerprint density at radius 3 is 2.00 bits per heavy atom. The average molecular weight is 1120 g/mol. The van der Waals surface area contributed by atoms with Crippen molar-refractivity contribution in [2.24, 2.45) is 10.4 Å². The van der Waals surface area contributed by atoms with Gasteiger partial charge in [-0.05, 0) is 95.1 Å². The molecule has 75 heavy (non-hydrogen) atoms. The SMILES string of the molecule is CC(C)(C)CC(C)(C)c1ccc(Oc2cc(Nc3ccc(S(=O)(=O)O)cc3SOOO)c3c4c(c(C5=Nc6ccccc6S(=O)(=O)N5)c(Nc5ccc(S(=O)(=O)O)cc5)nc24)-c2ccccc2C3=O)c(S(=O)(=O)O)c1. The van der Waals surface area contributed by atoms with E-state index >= 15 is 4.79 Å². The van der Waals surface area contributed by atoms with Crippen molar-refractivity contribution in [3.63, 3.8) is 0 Å². The first-order chi connectivity index (χ1) is 35.0. The maximum Gasteiger partial charge on any atom is 0.298 e. The number of hydrogen-bond acceptors (Lipinski definition) is 18. The molecule has 7 N–H and O–H groups in total. The van der Waals surface area contributed by atoms with Gasteiger partial charge in [0.15, 0.2) is 17.4 Å². The van der Waals surface area contributed by atoms with E-state index in [1.807, 2.05) is 34.6 Å². The van der Waals surface area contributed by atoms with Crippen molar-refractivity contribution in [1.29, 1.82) is 0 Å². The molecule has 0 bridgehead atoms. The Morgan fingerprint density at radius 2 is 1.35 bits per heavy atom. The molecule has 0 radical (unpaired) electrons. The molecule has 1 aliphatic heterocycles. The van der Waals surface area contributed by atoms with E-state index in [0.29, 0.717) is 12.0 Å². The number of amidine groups is 1. The molecule has 0 amide bonds. The Balaban J connectivity index is 1.41. The van der Waals surface area contributed by atoms with Crippen LogP contribution >= 0.6 is 12.0 Å². The lowest BCUT2D eigenvalue weighted by molar-refractivity contribution is -0.432. The first-order valence-corrected chi connectivity index (χ1v) is 28.7. The Hall–Kier alpha value is -6.82. The molecule has 0 unspecified atom stereocenters. The summed E-state index contributed by atoms with van der Waals surface area (Å²) in [6.07, 6.45) is 0.582. The van der Waals surface area contributed by atoms with Gasteiger partial charge >= 0.3 is 0 Å². The van der Waals surface area contributed by atoms with Crippen LogP contribution in [-0.2, 0) is 55.2 Å². The molecule has 26 heteroatoms. The van der Waals surface area contributed by atoms with Crippen molar-refractivity contribution in [1.82, 2.24) is 9.71 Å². The fourth-order valence-electron chi connectivity index (χ4n) is 9.30. The molecule has 1 aliphatic carbocycles. The van der Waals surface area contributed by atoms with Gasteiger partial charge in [-0.25, -0.2) is 23.7 Å². The number of nitrogens with one attached hydrogen (secondary N) is 3. The van der Waals surface area contributed by atoms with E-state index in [4.69, 9.17) is 20.0 Å². The lowest BCUT2D eigenvalue weighted by Crippen LogP contribution is -2.35. The van der Waals surface area contributed by atoms with Crippen LogP contribution in [0.1, 0.15) is 68.1 Å². The quantitative estimate of drug-likeness (QED) is 0.0217. The van der Waals surface area contributed by atoms with Gasteiger partial charge in [0.2, 0.25) is 0 Å². The lowest BCUT2D eigenvalue weighted by Gasteiger charge is -2.33. The standard InChI is InChI=1S/C49H43N5O16S5/c1-48(2,3)25-49(4,5)26-14-21-35(39(22-26)75(65,66)67)68-36-24-34(51-32-20-19-29(74(62,63)64)23-37(32)71-70-69-56)41-42-40(30-10-6-7-11-31(30)45(41)55)43(47-52-33-12-8-9-13-38(33)72(57,58)54-47)46(53-44(36)42)50-27-15-17-28(18-16-27)73(59,60)61/h6-24,51,56H,25H2,1-5H3,(H,50,53)(H,52,54)(H,59,60,61)(H,62,63,64)(H,65,66,67). The monoisotopic (exact) mass is 1120 g/mol. The number of aromatic nitrogens is 1. The fraction of sp³-hybridized carbons (Fsp3) is 0.163. The van der Waals surface area contributed by atoms with E-state index in [-0.39, 0.29) is 106 Å². The van der Waals surface area contributed by atoms with Crippen LogP contribution in [0.5, 0.6) is 11.5 Å². The third kappa shape index (κ3) is 10.6. The van der Waals surface area contributed by atoms with Gasteiger partial charge in [0, 0.05) is 28.3 Å². The van der Waals surface area contributed by atoms with E-state index in [2.05, 4.69) is 24.7 Å². The molecule has 2 aliphatic rings. The maximum absolute atomic E-state index is 15.2. The average Bonchev–Trinajstić information content (AvgIpc) is 3.31. The van der Waals surface area contributed by atoms with Gasteiger partial charge in [-0.3, -0.25) is 23.2 Å². The molecule has 0 fully saturated rings. The zero-order valence-electron chi connectivity index (χ0n) is 39.8. The molecule has 390 valence electrons. The summed E-state index contributed by atoms with van der Waals surface area (Å²) < 4.78 is 148. The second kappa shape index (κ2) is 19.1. The number of anilines is 4. The van der Waals surface area contributed by atoms with Gasteiger partial charge in [0.05, 0.1) is 54.9 Å². The number of ether oxygens (including phenoxy) is 1. The summed E-state index contributed by atoms with van der Waals surface area (Å²) >= 11 is 0.289. The molecule has 0 saturated carbocycles. The van der Waals surface area contributed by atoms with Gasteiger partial charge in [-0.2, -0.15) is 25.3 Å². The molecule has 0 saturated heterocycles. The number of ketones is 1. The van der Waals surface area contributed by atoms with Gasteiger partial charge in [-0.15, -0.1) is 4.33 Å². The Morgan fingerprint density at radius 1 is 0.693 bits per heavy atom. The Labute approximate surface area is 434 Å². The van der Waals surface area contributed by atoms with Crippen LogP contribution in [0.3, 0.4) is 0 Å². The van der Waals surface area contributed by atoms with Crippen LogP contribution in [0.15, 0.2) is 145 Å². The van der Waals surface area contributed by atoms with Gasteiger partial charge < -0.3 is 15.4 Å². The zero-order valence-corrected chi connectivity index (χ0v) is 43.9. The van der Waals surface area contributed by atoms with Crippen LogP contribution < -0.4 is 20.1 Å². The highest BCUT2D eigenvalue weighted by Gasteiger charge is 2.38. The smallest absolute Gasteiger partial charge is 0.298 e. The molecular formula is C49H43N5O16S5. The number of aliphatic imine (C=N–C) groups is 1. The minimum atomic E-state index is -5.09. The van der Waals surface area contributed by atoms with Gasteiger partial charge in [0.1, 0.15) is 26.9 Å². The van der Waals surface area contributed by atoms with Crippen molar-refractivity contribution in [3.05, 3.63) is 138 Å². The number of nitrogens with zero attached hydrogens (tertiary/aromatic N) is 2. The number of sulfonamides is 1. The van der Waals surface area contributed by atoms with Gasteiger partial charge in [-0.1, -0.05) is 82.1 Å². The Bertz CT molecular complexity index is 4050. The lowest BCUT2D eigenvalue weighted by atomic mass is 9.72. The maximum atomic E-state index is 15.2. The van der Waals surface area contributed by atoms with Gasteiger partial charge in [0.25, 0.3) is 40.4 Å². The number of benzene rings is 6. The van der Waals surface area contributed by atoms with E-state index in [1.54, 1.807) is 30.3 Å². The summed E-state index contributed by atoms with van der Waals surface area (Å²) in [5.74, 6) is -1.86. The summed E-state index contributed by atoms with van der Waals surface area (Å²) in [6.45, 7) is 9.88. The largest absolute Gasteiger partial charge is 0.454 e.